The molecular formula is C21H34ClIN4O. The smallest absolute Gasteiger partial charge is 0.193 e. The van der Waals surface area contributed by atoms with Gasteiger partial charge >= 0.3 is 0 Å². The number of guanidine groups is 1. The number of aliphatic imine (C=N–C) groups is 1. The lowest BCUT2D eigenvalue weighted by Gasteiger charge is -2.37. The number of halogens is 2. The number of nitrogens with one attached hydrogen (secondary N) is 1. The van der Waals surface area contributed by atoms with Gasteiger partial charge in [-0.2, -0.15) is 0 Å². The first-order valence-corrected chi connectivity index (χ1v) is 10.5. The molecule has 1 heterocycles. The summed E-state index contributed by atoms with van der Waals surface area (Å²) in [5.74, 6) is 1.04. The van der Waals surface area contributed by atoms with E-state index < -0.39 is 0 Å². The van der Waals surface area contributed by atoms with Crippen molar-refractivity contribution >= 4 is 41.5 Å². The molecule has 1 N–H and O–H groups in total. The predicted octanol–water partition coefficient (Wildman–Crippen LogP) is 3.86. The molecule has 0 spiro atoms. The van der Waals surface area contributed by atoms with Gasteiger partial charge in [-0.3, -0.25) is 9.89 Å². The van der Waals surface area contributed by atoms with Crippen molar-refractivity contribution in [3.63, 3.8) is 0 Å². The van der Waals surface area contributed by atoms with Gasteiger partial charge < -0.3 is 15.0 Å². The lowest BCUT2D eigenvalue weighted by atomic mass is 10.0. The lowest BCUT2D eigenvalue weighted by molar-refractivity contribution is 0.128. The number of nitrogens with zero attached hydrogens (tertiary/aromatic N) is 3. The number of hydrogen-bond donors (Lipinski definition) is 1. The van der Waals surface area contributed by atoms with E-state index in [1.807, 2.05) is 19.2 Å². The van der Waals surface area contributed by atoms with Crippen molar-refractivity contribution in [2.45, 2.75) is 32.7 Å². The maximum absolute atomic E-state index is 6.10. The SMILES string of the molecule is CCOCCC1(CNC(=NC)N2CCN(Cc3cccc(Cl)c3)CC2)CC1.I. The van der Waals surface area contributed by atoms with Crippen molar-refractivity contribution in [1.82, 2.24) is 15.1 Å². The summed E-state index contributed by atoms with van der Waals surface area (Å²) in [6.45, 7) is 9.81. The number of rotatable bonds is 8. The number of ether oxygens (including phenoxy) is 1. The second-order valence-corrected chi connectivity index (χ2v) is 8.18. The summed E-state index contributed by atoms with van der Waals surface area (Å²) in [4.78, 5) is 9.39. The van der Waals surface area contributed by atoms with Crippen LogP contribution in [-0.2, 0) is 11.3 Å². The molecule has 1 aromatic rings. The Balaban J connectivity index is 0.00000280. The standard InChI is InChI=1S/C21H33ClN4O.HI/c1-3-27-14-9-21(7-8-21)17-24-20(23-2)26-12-10-25(11-13-26)16-18-5-4-6-19(22)15-18;/h4-6,15H,3,7-14,16-17H2,1-2H3,(H,23,24);1H. The van der Waals surface area contributed by atoms with Gasteiger partial charge in [-0.05, 0) is 49.3 Å². The van der Waals surface area contributed by atoms with E-state index >= 15 is 0 Å². The number of benzene rings is 1. The zero-order valence-corrected chi connectivity index (χ0v) is 20.2. The summed E-state index contributed by atoms with van der Waals surface area (Å²) in [7, 11) is 1.89. The normalized spacial score (nSPS) is 19.2. The first-order valence-electron chi connectivity index (χ1n) is 10.1. The molecular weight excluding hydrogens is 487 g/mol. The van der Waals surface area contributed by atoms with Gasteiger partial charge in [0.05, 0.1) is 0 Å². The zero-order chi connectivity index (χ0) is 19.1. The van der Waals surface area contributed by atoms with Crippen LogP contribution in [0, 0.1) is 5.41 Å². The third kappa shape index (κ3) is 7.04. The molecule has 0 atom stereocenters. The Hall–Kier alpha value is -0.570. The molecule has 1 saturated heterocycles. The topological polar surface area (TPSA) is 40.1 Å². The van der Waals surface area contributed by atoms with E-state index in [9.17, 15) is 0 Å². The van der Waals surface area contributed by atoms with Crippen molar-refractivity contribution in [2.24, 2.45) is 10.4 Å². The van der Waals surface area contributed by atoms with Crippen LogP contribution in [0.4, 0.5) is 0 Å². The minimum atomic E-state index is 0. The highest BCUT2D eigenvalue weighted by Crippen LogP contribution is 2.48. The lowest BCUT2D eigenvalue weighted by Crippen LogP contribution is -2.52. The van der Waals surface area contributed by atoms with Crippen LogP contribution in [0.1, 0.15) is 31.7 Å². The quantitative estimate of drug-likeness (QED) is 0.245. The fourth-order valence-corrected chi connectivity index (χ4v) is 3.95. The molecule has 1 aliphatic carbocycles. The predicted molar refractivity (Wildman–Crippen MR) is 128 cm³/mol. The van der Waals surface area contributed by atoms with Crippen molar-refractivity contribution in [3.8, 4) is 0 Å². The molecule has 2 fully saturated rings. The summed E-state index contributed by atoms with van der Waals surface area (Å²) >= 11 is 6.10. The first-order chi connectivity index (χ1) is 13.1. The molecule has 7 heteroatoms. The molecule has 2 aliphatic rings. The van der Waals surface area contributed by atoms with Crippen LogP contribution in [0.15, 0.2) is 29.3 Å². The monoisotopic (exact) mass is 520 g/mol. The maximum Gasteiger partial charge on any atom is 0.193 e. The van der Waals surface area contributed by atoms with Crippen LogP contribution in [0.3, 0.4) is 0 Å². The van der Waals surface area contributed by atoms with Gasteiger partial charge in [0.2, 0.25) is 0 Å². The molecule has 5 nitrogen and oxygen atoms in total. The molecule has 158 valence electrons. The van der Waals surface area contributed by atoms with Crippen LogP contribution in [-0.4, -0.2) is 68.7 Å². The van der Waals surface area contributed by atoms with Crippen LogP contribution in [0.2, 0.25) is 5.02 Å². The maximum atomic E-state index is 6.10. The average Bonchev–Trinajstić information content (AvgIpc) is 3.44. The van der Waals surface area contributed by atoms with E-state index in [4.69, 9.17) is 16.3 Å². The Labute approximate surface area is 191 Å². The highest BCUT2D eigenvalue weighted by molar-refractivity contribution is 14.0. The van der Waals surface area contributed by atoms with Gasteiger partial charge in [0.25, 0.3) is 0 Å². The van der Waals surface area contributed by atoms with E-state index in [1.54, 1.807) is 0 Å². The summed E-state index contributed by atoms with van der Waals surface area (Å²) in [5, 5.41) is 4.44. The Morgan fingerprint density at radius 3 is 2.61 bits per heavy atom. The molecule has 0 aromatic heterocycles. The summed E-state index contributed by atoms with van der Waals surface area (Å²) in [6.07, 6.45) is 3.76. The third-order valence-electron chi connectivity index (χ3n) is 5.74. The van der Waals surface area contributed by atoms with Gasteiger partial charge in [-0.15, -0.1) is 24.0 Å². The fourth-order valence-electron chi connectivity index (χ4n) is 3.74. The van der Waals surface area contributed by atoms with E-state index in [-0.39, 0.29) is 24.0 Å². The van der Waals surface area contributed by atoms with E-state index in [0.29, 0.717) is 5.41 Å². The van der Waals surface area contributed by atoms with Crippen LogP contribution in [0.5, 0.6) is 0 Å². The van der Waals surface area contributed by atoms with Crippen molar-refractivity contribution < 1.29 is 4.74 Å². The first kappa shape index (κ1) is 23.7. The second-order valence-electron chi connectivity index (χ2n) is 7.74. The van der Waals surface area contributed by atoms with Gasteiger partial charge in [-0.1, -0.05) is 23.7 Å². The van der Waals surface area contributed by atoms with Crippen molar-refractivity contribution in [2.75, 3.05) is 53.0 Å². The summed E-state index contributed by atoms with van der Waals surface area (Å²) in [6, 6.07) is 8.17. The Kier molecular flexibility index (Phi) is 9.80. The zero-order valence-electron chi connectivity index (χ0n) is 17.1. The van der Waals surface area contributed by atoms with Crippen LogP contribution in [0.25, 0.3) is 0 Å². The molecule has 1 saturated carbocycles. The molecule has 28 heavy (non-hydrogen) atoms. The molecule has 0 radical (unpaired) electrons. The van der Waals surface area contributed by atoms with Gasteiger partial charge in [0, 0.05) is 64.6 Å². The van der Waals surface area contributed by atoms with Crippen molar-refractivity contribution in [1.29, 1.82) is 0 Å². The molecule has 3 rings (SSSR count). The van der Waals surface area contributed by atoms with Crippen LogP contribution >= 0.6 is 35.6 Å². The van der Waals surface area contributed by atoms with Gasteiger partial charge in [0.15, 0.2) is 5.96 Å². The number of hydrogen-bond acceptors (Lipinski definition) is 3. The third-order valence-corrected chi connectivity index (χ3v) is 5.97. The Bertz CT molecular complexity index is 631. The van der Waals surface area contributed by atoms with E-state index in [0.717, 1.165) is 69.9 Å². The molecule has 0 unspecified atom stereocenters. The largest absolute Gasteiger partial charge is 0.382 e. The Morgan fingerprint density at radius 2 is 2.00 bits per heavy atom. The van der Waals surface area contributed by atoms with E-state index in [2.05, 4.69) is 39.2 Å². The summed E-state index contributed by atoms with van der Waals surface area (Å²) in [5.41, 5.74) is 1.71. The van der Waals surface area contributed by atoms with Gasteiger partial charge in [0.1, 0.15) is 0 Å². The minimum absolute atomic E-state index is 0. The van der Waals surface area contributed by atoms with E-state index in [1.165, 1.54) is 18.4 Å². The van der Waals surface area contributed by atoms with Crippen molar-refractivity contribution in [3.05, 3.63) is 34.9 Å². The summed E-state index contributed by atoms with van der Waals surface area (Å²) < 4.78 is 5.54. The van der Waals surface area contributed by atoms with Crippen LogP contribution < -0.4 is 5.32 Å². The highest BCUT2D eigenvalue weighted by atomic mass is 127. The molecule has 1 aliphatic heterocycles. The Morgan fingerprint density at radius 1 is 1.25 bits per heavy atom. The molecule has 0 bridgehead atoms. The second kappa shape index (κ2) is 11.6. The minimum Gasteiger partial charge on any atom is -0.382 e. The van der Waals surface area contributed by atoms with Gasteiger partial charge in [-0.25, -0.2) is 0 Å². The molecule has 1 aromatic carbocycles. The highest BCUT2D eigenvalue weighted by Gasteiger charge is 2.42. The average molecular weight is 521 g/mol. The fraction of sp³-hybridized carbons (Fsp3) is 0.667. The molecule has 0 amide bonds. The number of piperazine rings is 1.